The van der Waals surface area contributed by atoms with Crippen LogP contribution in [0.25, 0.3) is 104 Å². The van der Waals surface area contributed by atoms with Gasteiger partial charge >= 0.3 is 0 Å². The zero-order valence-corrected chi connectivity index (χ0v) is 28.7. The van der Waals surface area contributed by atoms with Gasteiger partial charge in [0.1, 0.15) is 0 Å². The molecule has 11 rings (SSSR count). The normalized spacial score (nSPS) is 11.8. The van der Waals surface area contributed by atoms with Crippen LogP contribution in [0.15, 0.2) is 182 Å². The van der Waals surface area contributed by atoms with Gasteiger partial charge in [0.25, 0.3) is 0 Å². The summed E-state index contributed by atoms with van der Waals surface area (Å²) in [5, 5.41) is 22.3. The van der Waals surface area contributed by atoms with Gasteiger partial charge in [-0.05, 0) is 131 Å². The molecule has 0 saturated heterocycles. The van der Waals surface area contributed by atoms with Crippen molar-refractivity contribution in [1.29, 1.82) is 5.26 Å². The molecule has 0 aliphatic carbocycles. The van der Waals surface area contributed by atoms with Gasteiger partial charge in [-0.1, -0.05) is 127 Å². The highest BCUT2D eigenvalue weighted by Gasteiger charge is 2.16. The molecule has 0 spiro atoms. The van der Waals surface area contributed by atoms with E-state index in [1.807, 2.05) is 18.2 Å². The molecule has 11 aromatic rings. The van der Waals surface area contributed by atoms with Crippen molar-refractivity contribution in [3.8, 4) is 45.1 Å². The molecular weight excluding hydrogens is 641 g/mol. The minimum Gasteiger partial charge on any atom is -0.309 e. The topological polar surface area (TPSA) is 28.7 Å². The molecule has 0 saturated carbocycles. The first-order valence-electron chi connectivity index (χ1n) is 18.1. The van der Waals surface area contributed by atoms with Gasteiger partial charge in [-0.2, -0.15) is 5.26 Å². The van der Waals surface area contributed by atoms with Crippen LogP contribution in [0.5, 0.6) is 0 Å². The summed E-state index contributed by atoms with van der Waals surface area (Å²) in [6.07, 6.45) is 0. The number of nitriles is 1. The lowest BCUT2D eigenvalue weighted by atomic mass is 9.88. The van der Waals surface area contributed by atoms with E-state index in [0.29, 0.717) is 5.56 Å². The highest BCUT2D eigenvalue weighted by atomic mass is 15.0. The number of nitrogens with zero attached hydrogens (tertiary/aromatic N) is 2. The van der Waals surface area contributed by atoms with Crippen LogP contribution in [0, 0.1) is 11.3 Å². The van der Waals surface area contributed by atoms with E-state index in [2.05, 4.69) is 174 Å². The molecule has 10 aromatic carbocycles. The fourth-order valence-electron chi connectivity index (χ4n) is 8.62. The Labute approximate surface area is 306 Å². The summed E-state index contributed by atoms with van der Waals surface area (Å²) in [7, 11) is 0. The van der Waals surface area contributed by atoms with Gasteiger partial charge in [0.05, 0.1) is 22.7 Å². The van der Waals surface area contributed by atoms with E-state index in [4.69, 9.17) is 0 Å². The molecule has 0 unspecified atom stereocenters. The van der Waals surface area contributed by atoms with Gasteiger partial charge in [-0.15, -0.1) is 0 Å². The second-order valence-electron chi connectivity index (χ2n) is 14.1. The molecule has 0 bridgehead atoms. The first kappa shape index (κ1) is 29.5. The van der Waals surface area contributed by atoms with Crippen molar-refractivity contribution in [2.24, 2.45) is 0 Å². The Bertz CT molecular complexity index is 3200. The van der Waals surface area contributed by atoms with Crippen LogP contribution in [0.4, 0.5) is 0 Å². The maximum atomic E-state index is 9.67. The minimum absolute atomic E-state index is 0.659. The van der Waals surface area contributed by atoms with Gasteiger partial charge < -0.3 is 4.57 Å². The number of para-hydroxylation sites is 1. The summed E-state index contributed by atoms with van der Waals surface area (Å²) in [4.78, 5) is 0. The third kappa shape index (κ3) is 4.58. The summed E-state index contributed by atoms with van der Waals surface area (Å²) in [5.41, 5.74) is 11.2. The highest BCUT2D eigenvalue weighted by Crippen LogP contribution is 2.41. The van der Waals surface area contributed by atoms with Crippen LogP contribution in [-0.2, 0) is 0 Å². The number of aromatic nitrogens is 1. The van der Waals surface area contributed by atoms with Crippen molar-refractivity contribution in [2.45, 2.75) is 0 Å². The third-order valence-corrected chi connectivity index (χ3v) is 11.1. The predicted octanol–water partition coefficient (Wildman–Crippen LogP) is 13.7. The molecule has 53 heavy (non-hydrogen) atoms. The Morgan fingerprint density at radius 3 is 1.58 bits per heavy atom. The van der Waals surface area contributed by atoms with Crippen molar-refractivity contribution in [2.75, 3.05) is 0 Å². The molecule has 0 atom stereocenters. The van der Waals surface area contributed by atoms with E-state index >= 15 is 0 Å². The van der Waals surface area contributed by atoms with Gasteiger partial charge in [-0.25, -0.2) is 0 Å². The minimum atomic E-state index is 0.659. The molecule has 0 radical (unpaired) electrons. The van der Waals surface area contributed by atoms with E-state index in [0.717, 1.165) is 33.2 Å². The molecule has 0 aliphatic heterocycles. The number of benzene rings is 10. The highest BCUT2D eigenvalue weighted by molar-refractivity contribution is 6.25. The van der Waals surface area contributed by atoms with Crippen LogP contribution in [0.1, 0.15) is 5.56 Å². The summed E-state index contributed by atoms with van der Waals surface area (Å²) >= 11 is 0. The van der Waals surface area contributed by atoms with Gasteiger partial charge in [0, 0.05) is 16.5 Å². The van der Waals surface area contributed by atoms with Crippen molar-refractivity contribution >= 4 is 64.9 Å². The summed E-state index contributed by atoms with van der Waals surface area (Å²) in [6.45, 7) is 0. The first-order valence-corrected chi connectivity index (χ1v) is 18.1. The summed E-state index contributed by atoms with van der Waals surface area (Å²) in [6, 6.07) is 68.2. The Balaban J connectivity index is 0.986. The maximum absolute atomic E-state index is 9.67. The van der Waals surface area contributed by atoms with Crippen molar-refractivity contribution in [1.82, 2.24) is 4.57 Å². The van der Waals surface area contributed by atoms with Gasteiger partial charge in [0.2, 0.25) is 0 Å². The largest absolute Gasteiger partial charge is 0.309 e. The van der Waals surface area contributed by atoms with Crippen molar-refractivity contribution in [3.63, 3.8) is 0 Å². The van der Waals surface area contributed by atoms with Crippen LogP contribution in [-0.4, -0.2) is 4.57 Å². The van der Waals surface area contributed by atoms with Crippen LogP contribution in [0.2, 0.25) is 0 Å². The van der Waals surface area contributed by atoms with E-state index in [1.54, 1.807) is 0 Å². The number of fused-ring (bicyclic) bond motifs is 4. The monoisotopic (exact) mass is 670 g/mol. The quantitative estimate of drug-likeness (QED) is 0.171. The molecule has 2 heteroatoms. The Morgan fingerprint density at radius 1 is 0.358 bits per heavy atom. The van der Waals surface area contributed by atoms with E-state index in [1.165, 1.54) is 70.7 Å². The number of rotatable bonds is 4. The lowest BCUT2D eigenvalue weighted by Crippen LogP contribution is -1.93. The van der Waals surface area contributed by atoms with Crippen LogP contribution in [0.3, 0.4) is 0 Å². The van der Waals surface area contributed by atoms with Crippen molar-refractivity contribution < 1.29 is 0 Å². The van der Waals surface area contributed by atoms with Crippen LogP contribution >= 0.6 is 0 Å². The molecule has 1 aromatic heterocycles. The Kier molecular flexibility index (Phi) is 6.35. The fraction of sp³-hybridized carbons (Fsp3) is 0. The average molecular weight is 671 g/mol. The molecular formula is C51H30N2. The first-order chi connectivity index (χ1) is 26.2. The van der Waals surface area contributed by atoms with Gasteiger partial charge in [-0.3, -0.25) is 0 Å². The molecule has 0 amide bonds. The molecule has 244 valence electrons. The zero-order chi connectivity index (χ0) is 35.0. The van der Waals surface area contributed by atoms with Crippen molar-refractivity contribution in [3.05, 3.63) is 188 Å². The summed E-state index contributed by atoms with van der Waals surface area (Å²) < 4.78 is 2.27. The smallest absolute Gasteiger partial charge is 0.0992 e. The standard InChI is InChI=1S/C51H30N2/c52-31-32-13-23-46-47-24-22-36(30-49(47)53(48(46)25-32)43-9-2-1-3-10-43)33-14-16-34(17-15-33)41-26-37-18-20-39-28-42(29-40-21-19-38(27-41)50(37)51(39)40)45-12-6-8-35-7-4-5-11-44(35)45/h1-30H. The van der Waals surface area contributed by atoms with E-state index < -0.39 is 0 Å². The lowest BCUT2D eigenvalue weighted by Gasteiger charge is -2.15. The number of hydrogen-bond donors (Lipinski definition) is 0. The molecule has 2 nitrogen and oxygen atoms in total. The SMILES string of the molecule is N#Cc1ccc2c3ccc(-c4ccc(-c5cc6ccc7cc(-c8cccc9ccccc89)cc8ccc(c5)c6c78)cc4)cc3n(-c3ccccc3)c2c1. The maximum Gasteiger partial charge on any atom is 0.0992 e. The predicted molar refractivity (Wildman–Crippen MR) is 223 cm³/mol. The van der Waals surface area contributed by atoms with E-state index in [9.17, 15) is 5.26 Å². The Morgan fingerprint density at radius 2 is 0.906 bits per heavy atom. The molecule has 1 heterocycles. The third-order valence-electron chi connectivity index (χ3n) is 11.1. The van der Waals surface area contributed by atoms with E-state index in [-0.39, 0.29) is 0 Å². The second-order valence-corrected chi connectivity index (χ2v) is 14.1. The van der Waals surface area contributed by atoms with Gasteiger partial charge in [0.15, 0.2) is 0 Å². The summed E-state index contributed by atoms with van der Waals surface area (Å²) in [5.74, 6) is 0. The zero-order valence-electron chi connectivity index (χ0n) is 28.7. The lowest BCUT2D eigenvalue weighted by molar-refractivity contribution is 1.18. The second kappa shape index (κ2) is 11.4. The molecule has 0 fully saturated rings. The fourth-order valence-corrected chi connectivity index (χ4v) is 8.62. The average Bonchev–Trinajstić information content (AvgIpc) is 3.55. The molecule has 0 aliphatic rings. The number of hydrogen-bond acceptors (Lipinski definition) is 1. The molecule has 0 N–H and O–H groups in total. The van der Waals surface area contributed by atoms with Crippen LogP contribution < -0.4 is 0 Å². The Hall–Kier alpha value is -7.21.